The molecule has 1 aliphatic heterocycles. The zero-order chi connectivity index (χ0) is 14.7. The van der Waals surface area contributed by atoms with Gasteiger partial charge in [-0.05, 0) is 44.4 Å². The fraction of sp³-hybridized carbons (Fsp3) is 0.467. The van der Waals surface area contributed by atoms with Crippen LogP contribution < -0.4 is 11.1 Å². The van der Waals surface area contributed by atoms with Gasteiger partial charge >= 0.3 is 6.03 Å². The zero-order valence-electron chi connectivity index (χ0n) is 11.9. The predicted molar refractivity (Wildman–Crippen MR) is 78.6 cm³/mol. The van der Waals surface area contributed by atoms with Crippen molar-refractivity contribution in [1.29, 1.82) is 0 Å². The molecule has 108 valence electrons. The van der Waals surface area contributed by atoms with Gasteiger partial charge < -0.3 is 16.0 Å². The first-order valence-corrected chi connectivity index (χ1v) is 7.02. The zero-order valence-corrected chi connectivity index (χ0v) is 11.9. The maximum Gasteiger partial charge on any atom is 0.322 e. The van der Waals surface area contributed by atoms with E-state index in [1.54, 1.807) is 24.3 Å². The van der Waals surface area contributed by atoms with Crippen LogP contribution in [0, 0.1) is 0 Å². The molecule has 0 spiro atoms. The Morgan fingerprint density at radius 1 is 1.40 bits per heavy atom. The van der Waals surface area contributed by atoms with Gasteiger partial charge in [0.05, 0.1) is 0 Å². The summed E-state index contributed by atoms with van der Waals surface area (Å²) in [5.74, 6) is -0.498. The molecule has 1 aliphatic rings. The molecule has 2 rings (SSSR count). The van der Waals surface area contributed by atoms with Gasteiger partial charge in [-0.15, -0.1) is 0 Å². The predicted octanol–water partition coefficient (Wildman–Crippen LogP) is 2.58. The van der Waals surface area contributed by atoms with E-state index < -0.39 is 5.91 Å². The Morgan fingerprint density at radius 2 is 2.15 bits per heavy atom. The Labute approximate surface area is 119 Å². The summed E-state index contributed by atoms with van der Waals surface area (Å²) in [7, 11) is 0. The molecule has 3 N–H and O–H groups in total. The molecule has 0 aliphatic carbocycles. The summed E-state index contributed by atoms with van der Waals surface area (Å²) in [6, 6.07) is 7.13. The Bertz CT molecular complexity index is 516. The number of carbonyl (C=O) groups excluding carboxylic acids is 2. The molecule has 0 bridgehead atoms. The van der Waals surface area contributed by atoms with E-state index in [0.29, 0.717) is 17.3 Å². The number of hydrogen-bond donors (Lipinski definition) is 2. The van der Waals surface area contributed by atoms with Crippen LogP contribution >= 0.6 is 0 Å². The van der Waals surface area contributed by atoms with Crippen molar-refractivity contribution >= 4 is 17.6 Å². The average Bonchev–Trinajstić information content (AvgIpc) is 2.80. The number of hydrogen-bond acceptors (Lipinski definition) is 2. The topological polar surface area (TPSA) is 75.4 Å². The van der Waals surface area contributed by atoms with Crippen LogP contribution in [0.2, 0.25) is 0 Å². The van der Waals surface area contributed by atoms with Gasteiger partial charge in [-0.3, -0.25) is 4.79 Å². The van der Waals surface area contributed by atoms with Crippen molar-refractivity contribution in [1.82, 2.24) is 4.90 Å². The number of urea groups is 1. The normalized spacial score (nSPS) is 21.8. The summed E-state index contributed by atoms with van der Waals surface area (Å²) in [4.78, 5) is 25.4. The summed E-state index contributed by atoms with van der Waals surface area (Å²) in [6.07, 6.45) is 3.04. The van der Waals surface area contributed by atoms with E-state index in [1.807, 2.05) is 4.90 Å². The van der Waals surface area contributed by atoms with Gasteiger partial charge in [-0.2, -0.15) is 0 Å². The van der Waals surface area contributed by atoms with Gasteiger partial charge in [0.15, 0.2) is 0 Å². The summed E-state index contributed by atoms with van der Waals surface area (Å²) < 4.78 is 0. The van der Waals surface area contributed by atoms with Gasteiger partial charge in [-0.25, -0.2) is 4.79 Å². The van der Waals surface area contributed by atoms with E-state index in [0.717, 1.165) is 19.3 Å². The van der Waals surface area contributed by atoms with Gasteiger partial charge in [0.2, 0.25) is 5.91 Å². The number of carbonyl (C=O) groups is 2. The molecular weight excluding hydrogens is 254 g/mol. The molecule has 2 atom stereocenters. The maximum atomic E-state index is 12.4. The van der Waals surface area contributed by atoms with E-state index in [1.165, 1.54) is 0 Å². The fourth-order valence-electron chi connectivity index (χ4n) is 2.78. The summed E-state index contributed by atoms with van der Waals surface area (Å²) in [5.41, 5.74) is 6.23. The number of amides is 3. The third kappa shape index (κ3) is 2.92. The molecule has 5 heteroatoms. The summed E-state index contributed by atoms with van der Waals surface area (Å²) in [6.45, 7) is 4.16. The molecule has 0 radical (unpaired) electrons. The van der Waals surface area contributed by atoms with Crippen LogP contribution in [0.15, 0.2) is 24.3 Å². The van der Waals surface area contributed by atoms with Crippen LogP contribution in [0.4, 0.5) is 10.5 Å². The van der Waals surface area contributed by atoms with E-state index in [2.05, 4.69) is 19.2 Å². The summed E-state index contributed by atoms with van der Waals surface area (Å²) >= 11 is 0. The number of nitrogens with zero attached hydrogens (tertiary/aromatic N) is 1. The van der Waals surface area contributed by atoms with Crippen molar-refractivity contribution in [3.63, 3.8) is 0 Å². The van der Waals surface area contributed by atoms with E-state index >= 15 is 0 Å². The van der Waals surface area contributed by atoms with Crippen molar-refractivity contribution in [3.05, 3.63) is 29.8 Å². The second-order valence-electron chi connectivity index (χ2n) is 5.27. The average molecular weight is 275 g/mol. The Balaban J connectivity index is 2.11. The molecule has 1 heterocycles. The Kier molecular flexibility index (Phi) is 4.27. The monoisotopic (exact) mass is 275 g/mol. The third-order valence-electron chi connectivity index (χ3n) is 3.89. The van der Waals surface area contributed by atoms with Gasteiger partial charge in [0, 0.05) is 23.3 Å². The van der Waals surface area contributed by atoms with Gasteiger partial charge in [0.25, 0.3) is 0 Å². The number of primary amides is 1. The smallest absolute Gasteiger partial charge is 0.322 e. The van der Waals surface area contributed by atoms with Crippen molar-refractivity contribution < 1.29 is 9.59 Å². The van der Waals surface area contributed by atoms with Gasteiger partial charge in [-0.1, -0.05) is 13.0 Å². The lowest BCUT2D eigenvalue weighted by atomic mass is 10.1. The fourth-order valence-corrected chi connectivity index (χ4v) is 2.78. The van der Waals surface area contributed by atoms with E-state index in [4.69, 9.17) is 5.73 Å². The first kappa shape index (κ1) is 14.4. The number of anilines is 1. The molecule has 1 saturated heterocycles. The first-order valence-electron chi connectivity index (χ1n) is 7.02. The van der Waals surface area contributed by atoms with Crippen LogP contribution in [0.3, 0.4) is 0 Å². The minimum atomic E-state index is -0.498. The first-order chi connectivity index (χ1) is 9.52. The number of likely N-dealkylation sites (tertiary alicyclic amines) is 1. The van der Waals surface area contributed by atoms with Crippen LogP contribution in [-0.2, 0) is 0 Å². The van der Waals surface area contributed by atoms with E-state index in [-0.39, 0.29) is 12.1 Å². The molecule has 0 saturated carbocycles. The van der Waals surface area contributed by atoms with E-state index in [9.17, 15) is 9.59 Å². The minimum absolute atomic E-state index is 0.108. The van der Waals surface area contributed by atoms with Crippen LogP contribution in [-0.4, -0.2) is 28.9 Å². The SMILES string of the molecule is CC[C@@H]1CC[C@H](C)N1C(=O)Nc1cccc(C(N)=O)c1. The number of nitrogens with two attached hydrogens (primary N) is 1. The molecule has 0 aromatic heterocycles. The largest absolute Gasteiger partial charge is 0.366 e. The lowest BCUT2D eigenvalue weighted by Crippen LogP contribution is -2.42. The van der Waals surface area contributed by atoms with Crippen LogP contribution in [0.25, 0.3) is 0 Å². The second-order valence-corrected chi connectivity index (χ2v) is 5.27. The van der Waals surface area contributed by atoms with Crippen molar-refractivity contribution in [2.45, 2.75) is 45.2 Å². The number of benzene rings is 1. The Morgan fingerprint density at radius 3 is 2.80 bits per heavy atom. The lowest BCUT2D eigenvalue weighted by Gasteiger charge is -2.28. The molecule has 1 aromatic carbocycles. The standard InChI is InChI=1S/C15H21N3O2/c1-3-13-8-7-10(2)18(13)15(20)17-12-6-4-5-11(9-12)14(16)19/h4-6,9-10,13H,3,7-8H2,1-2H3,(H2,16,19)(H,17,20)/t10-,13+/m0/s1. The number of nitrogens with one attached hydrogen (secondary N) is 1. The summed E-state index contributed by atoms with van der Waals surface area (Å²) in [5, 5.41) is 2.85. The quantitative estimate of drug-likeness (QED) is 0.889. The molecule has 1 fully saturated rings. The second kappa shape index (κ2) is 5.94. The molecule has 3 amide bonds. The number of rotatable bonds is 3. The molecule has 1 aromatic rings. The third-order valence-corrected chi connectivity index (χ3v) is 3.89. The van der Waals surface area contributed by atoms with Crippen LogP contribution in [0.1, 0.15) is 43.5 Å². The highest BCUT2D eigenvalue weighted by molar-refractivity contribution is 5.96. The molecule has 5 nitrogen and oxygen atoms in total. The maximum absolute atomic E-state index is 12.4. The minimum Gasteiger partial charge on any atom is -0.366 e. The van der Waals surface area contributed by atoms with Gasteiger partial charge in [0.1, 0.15) is 0 Å². The highest BCUT2D eigenvalue weighted by Gasteiger charge is 2.33. The molecule has 0 unspecified atom stereocenters. The van der Waals surface area contributed by atoms with Crippen molar-refractivity contribution in [2.75, 3.05) is 5.32 Å². The van der Waals surface area contributed by atoms with Crippen molar-refractivity contribution in [3.8, 4) is 0 Å². The van der Waals surface area contributed by atoms with Crippen LogP contribution in [0.5, 0.6) is 0 Å². The Hall–Kier alpha value is -2.04. The molecule has 20 heavy (non-hydrogen) atoms. The lowest BCUT2D eigenvalue weighted by molar-refractivity contribution is 0.1000. The van der Waals surface area contributed by atoms with Crippen molar-refractivity contribution in [2.24, 2.45) is 5.73 Å². The highest BCUT2D eigenvalue weighted by Crippen LogP contribution is 2.26. The highest BCUT2D eigenvalue weighted by atomic mass is 16.2. The molecular formula is C15H21N3O2.